The van der Waals surface area contributed by atoms with E-state index in [-0.39, 0.29) is 4.90 Å². The Morgan fingerprint density at radius 2 is 2.12 bits per heavy atom. The van der Waals surface area contributed by atoms with Crippen molar-refractivity contribution in [3.8, 4) is 0 Å². The van der Waals surface area contributed by atoms with Crippen LogP contribution in [-0.2, 0) is 16.5 Å². The number of rotatable bonds is 2. The highest BCUT2D eigenvalue weighted by molar-refractivity contribution is 7.86. The second-order valence-corrected chi connectivity index (χ2v) is 4.89. The Morgan fingerprint density at radius 1 is 1.38 bits per heavy atom. The number of fused-ring (bicyclic) bond motifs is 1. The molecule has 0 aliphatic heterocycles. The van der Waals surface area contributed by atoms with Gasteiger partial charge in [0.1, 0.15) is 4.90 Å². The normalized spacial score (nSPS) is 11.9. The standard InChI is InChI=1S/C11H11NO3S/c1-2-8-6-9-4-3-5-12-11(9)10(7-8)16(13,14)15/h3-7H,2H2,1H3,(H,13,14,15). The minimum atomic E-state index is -4.22. The monoisotopic (exact) mass is 237 g/mol. The molecule has 0 amide bonds. The third kappa shape index (κ3) is 1.91. The molecular weight excluding hydrogens is 226 g/mol. The first-order chi connectivity index (χ1) is 7.52. The van der Waals surface area contributed by atoms with Gasteiger partial charge in [-0.05, 0) is 30.2 Å². The maximum atomic E-state index is 11.2. The Hall–Kier alpha value is -1.46. The number of aromatic nitrogens is 1. The molecule has 2 aromatic rings. The summed E-state index contributed by atoms with van der Waals surface area (Å²) in [4.78, 5) is 3.86. The van der Waals surface area contributed by atoms with E-state index >= 15 is 0 Å². The van der Waals surface area contributed by atoms with Gasteiger partial charge in [-0.15, -0.1) is 0 Å². The molecule has 0 saturated heterocycles. The Kier molecular flexibility index (Phi) is 2.65. The van der Waals surface area contributed by atoms with E-state index in [1.165, 1.54) is 12.3 Å². The van der Waals surface area contributed by atoms with Crippen LogP contribution in [0.3, 0.4) is 0 Å². The summed E-state index contributed by atoms with van der Waals surface area (Å²) in [6.45, 7) is 1.92. The Labute approximate surface area is 93.7 Å². The Morgan fingerprint density at radius 3 is 2.75 bits per heavy atom. The lowest BCUT2D eigenvalue weighted by molar-refractivity contribution is 0.484. The smallest absolute Gasteiger partial charge is 0.282 e. The number of benzene rings is 1. The van der Waals surface area contributed by atoms with Crippen molar-refractivity contribution in [2.75, 3.05) is 0 Å². The van der Waals surface area contributed by atoms with Crippen LogP contribution in [0.5, 0.6) is 0 Å². The first-order valence-corrected chi connectivity index (χ1v) is 6.31. The van der Waals surface area contributed by atoms with Gasteiger partial charge in [-0.3, -0.25) is 9.54 Å². The van der Waals surface area contributed by atoms with Crippen molar-refractivity contribution < 1.29 is 13.0 Å². The molecule has 0 bridgehead atoms. The molecule has 0 radical (unpaired) electrons. The number of hydrogen-bond acceptors (Lipinski definition) is 3. The van der Waals surface area contributed by atoms with Crippen LogP contribution < -0.4 is 0 Å². The lowest BCUT2D eigenvalue weighted by Crippen LogP contribution is -2.01. The molecule has 0 aliphatic rings. The molecule has 0 atom stereocenters. The highest BCUT2D eigenvalue weighted by atomic mass is 32.2. The fourth-order valence-electron chi connectivity index (χ4n) is 1.62. The van der Waals surface area contributed by atoms with Crippen molar-refractivity contribution in [1.82, 2.24) is 4.98 Å². The van der Waals surface area contributed by atoms with Crippen molar-refractivity contribution in [3.63, 3.8) is 0 Å². The predicted molar refractivity (Wildman–Crippen MR) is 60.9 cm³/mol. The van der Waals surface area contributed by atoms with Crippen LogP contribution >= 0.6 is 0 Å². The topological polar surface area (TPSA) is 67.3 Å². The van der Waals surface area contributed by atoms with Gasteiger partial charge in [-0.25, -0.2) is 0 Å². The molecule has 16 heavy (non-hydrogen) atoms. The summed E-state index contributed by atoms with van der Waals surface area (Å²) in [6, 6.07) is 6.84. The number of aryl methyl sites for hydroxylation is 1. The molecule has 0 aliphatic carbocycles. The summed E-state index contributed by atoms with van der Waals surface area (Å²) < 4.78 is 31.6. The summed E-state index contributed by atoms with van der Waals surface area (Å²) in [5, 5.41) is 0.717. The van der Waals surface area contributed by atoms with Crippen LogP contribution in [0.1, 0.15) is 12.5 Å². The highest BCUT2D eigenvalue weighted by Gasteiger charge is 2.15. The van der Waals surface area contributed by atoms with Gasteiger partial charge in [0.15, 0.2) is 0 Å². The van der Waals surface area contributed by atoms with Crippen LogP contribution in [-0.4, -0.2) is 18.0 Å². The maximum Gasteiger partial charge on any atom is 0.296 e. The molecule has 0 saturated carbocycles. The van der Waals surface area contributed by atoms with Crippen molar-refractivity contribution in [1.29, 1.82) is 0 Å². The molecule has 1 aromatic carbocycles. The molecule has 5 heteroatoms. The zero-order valence-corrected chi connectivity index (χ0v) is 9.53. The molecule has 1 heterocycles. The fourth-order valence-corrected chi connectivity index (χ4v) is 2.33. The Bertz CT molecular complexity index is 635. The van der Waals surface area contributed by atoms with Crippen LogP contribution in [0, 0.1) is 0 Å². The maximum absolute atomic E-state index is 11.2. The minimum Gasteiger partial charge on any atom is -0.282 e. The molecule has 0 fully saturated rings. The molecule has 1 N–H and O–H groups in total. The lowest BCUT2D eigenvalue weighted by Gasteiger charge is -2.05. The van der Waals surface area contributed by atoms with Crippen LogP contribution in [0.4, 0.5) is 0 Å². The van der Waals surface area contributed by atoms with E-state index in [4.69, 9.17) is 4.55 Å². The van der Waals surface area contributed by atoms with Gasteiger partial charge in [-0.1, -0.05) is 13.0 Å². The third-order valence-electron chi connectivity index (χ3n) is 2.42. The van der Waals surface area contributed by atoms with E-state index in [1.807, 2.05) is 13.0 Å². The van der Waals surface area contributed by atoms with Gasteiger partial charge in [-0.2, -0.15) is 8.42 Å². The van der Waals surface area contributed by atoms with Crippen LogP contribution in [0.2, 0.25) is 0 Å². The molecular formula is C11H11NO3S. The summed E-state index contributed by atoms with van der Waals surface area (Å²) in [7, 11) is -4.22. The van der Waals surface area contributed by atoms with Crippen molar-refractivity contribution >= 4 is 21.0 Å². The van der Waals surface area contributed by atoms with E-state index < -0.39 is 10.1 Å². The first kappa shape index (κ1) is 11.0. The van der Waals surface area contributed by atoms with Gasteiger partial charge < -0.3 is 0 Å². The van der Waals surface area contributed by atoms with E-state index in [0.717, 1.165) is 10.9 Å². The molecule has 0 spiro atoms. The molecule has 4 nitrogen and oxygen atoms in total. The van der Waals surface area contributed by atoms with Crippen molar-refractivity contribution in [3.05, 3.63) is 36.0 Å². The van der Waals surface area contributed by atoms with Gasteiger partial charge in [0.2, 0.25) is 0 Å². The predicted octanol–water partition coefficient (Wildman–Crippen LogP) is 2.04. The van der Waals surface area contributed by atoms with E-state index in [2.05, 4.69) is 4.98 Å². The number of pyridine rings is 1. The summed E-state index contributed by atoms with van der Waals surface area (Å²) >= 11 is 0. The number of hydrogen-bond donors (Lipinski definition) is 1. The molecule has 0 unspecified atom stereocenters. The average molecular weight is 237 g/mol. The van der Waals surface area contributed by atoms with Gasteiger partial charge in [0, 0.05) is 11.6 Å². The third-order valence-corrected chi connectivity index (χ3v) is 3.28. The first-order valence-electron chi connectivity index (χ1n) is 4.87. The molecule has 84 valence electrons. The quantitative estimate of drug-likeness (QED) is 0.812. The van der Waals surface area contributed by atoms with Crippen molar-refractivity contribution in [2.45, 2.75) is 18.2 Å². The van der Waals surface area contributed by atoms with Crippen molar-refractivity contribution in [2.24, 2.45) is 0 Å². The van der Waals surface area contributed by atoms with E-state index in [9.17, 15) is 8.42 Å². The number of nitrogens with zero attached hydrogens (tertiary/aromatic N) is 1. The van der Waals surface area contributed by atoms with Gasteiger partial charge >= 0.3 is 0 Å². The zero-order chi connectivity index (χ0) is 11.8. The van der Waals surface area contributed by atoms with Gasteiger partial charge in [0.05, 0.1) is 5.52 Å². The zero-order valence-electron chi connectivity index (χ0n) is 8.71. The minimum absolute atomic E-state index is 0.123. The highest BCUT2D eigenvalue weighted by Crippen LogP contribution is 2.23. The second-order valence-electron chi connectivity index (χ2n) is 3.50. The second kappa shape index (κ2) is 3.84. The fraction of sp³-hybridized carbons (Fsp3) is 0.182. The summed E-state index contributed by atoms with van der Waals surface area (Å²) in [5.41, 5.74) is 1.16. The summed E-state index contributed by atoms with van der Waals surface area (Å²) in [6.07, 6.45) is 2.20. The summed E-state index contributed by atoms with van der Waals surface area (Å²) in [5.74, 6) is 0. The SMILES string of the molecule is CCc1cc(S(=O)(=O)O)c2ncccc2c1. The Balaban J connectivity index is 2.90. The molecule has 2 rings (SSSR count). The van der Waals surface area contributed by atoms with Gasteiger partial charge in [0.25, 0.3) is 10.1 Å². The van der Waals surface area contributed by atoms with Crippen LogP contribution in [0.15, 0.2) is 35.4 Å². The average Bonchev–Trinajstić information content (AvgIpc) is 2.26. The largest absolute Gasteiger partial charge is 0.296 e. The lowest BCUT2D eigenvalue weighted by atomic mass is 10.1. The van der Waals surface area contributed by atoms with E-state index in [1.54, 1.807) is 12.1 Å². The van der Waals surface area contributed by atoms with E-state index in [0.29, 0.717) is 11.9 Å². The molecule has 1 aromatic heterocycles. The van der Waals surface area contributed by atoms with Crippen LogP contribution in [0.25, 0.3) is 10.9 Å².